The lowest BCUT2D eigenvalue weighted by atomic mass is 9.86. The van der Waals surface area contributed by atoms with Gasteiger partial charge in [-0.2, -0.15) is 0 Å². The molecule has 0 bridgehead atoms. The Kier molecular flexibility index (Phi) is 7.00. The number of anilines is 1. The Bertz CT molecular complexity index is 959. The van der Waals surface area contributed by atoms with Crippen LogP contribution in [-0.4, -0.2) is 20.6 Å². The van der Waals surface area contributed by atoms with Crippen LogP contribution in [-0.2, 0) is 33.2 Å². The van der Waals surface area contributed by atoms with Crippen LogP contribution in [0.4, 0.5) is 14.5 Å². The molecule has 2 N–H and O–H groups in total. The van der Waals surface area contributed by atoms with Crippen molar-refractivity contribution in [3.8, 4) is 0 Å². The zero-order valence-corrected chi connectivity index (χ0v) is 17.8. The van der Waals surface area contributed by atoms with Gasteiger partial charge in [0, 0.05) is 13.0 Å². The highest BCUT2D eigenvalue weighted by atomic mass is 32.2. The topological polar surface area (TPSA) is 75.3 Å². The summed E-state index contributed by atoms with van der Waals surface area (Å²) in [6.45, 7) is 6.33. The van der Waals surface area contributed by atoms with E-state index in [-0.39, 0.29) is 29.9 Å². The minimum Gasteiger partial charge on any atom is -0.352 e. The van der Waals surface area contributed by atoms with E-state index in [0.29, 0.717) is 6.42 Å². The molecular formula is C21H26F2N2O3S. The number of carbonyl (C=O) groups excluding carboxylic acids is 1. The van der Waals surface area contributed by atoms with E-state index in [9.17, 15) is 22.0 Å². The fourth-order valence-electron chi connectivity index (χ4n) is 2.73. The van der Waals surface area contributed by atoms with Gasteiger partial charge in [0.2, 0.25) is 15.9 Å². The molecule has 1 amide bonds. The summed E-state index contributed by atoms with van der Waals surface area (Å²) in [4.78, 5) is 12.1. The molecule has 2 aromatic carbocycles. The maximum atomic E-state index is 14.0. The van der Waals surface area contributed by atoms with Crippen molar-refractivity contribution in [3.63, 3.8) is 0 Å². The summed E-state index contributed by atoms with van der Waals surface area (Å²) in [5.74, 6) is -2.33. The largest absolute Gasteiger partial charge is 0.352 e. The van der Waals surface area contributed by atoms with Gasteiger partial charge in [0.1, 0.15) is 5.69 Å². The molecule has 5 nitrogen and oxygen atoms in total. The second-order valence-corrected chi connectivity index (χ2v) is 9.78. The molecule has 2 rings (SSSR count). The molecule has 158 valence electrons. The summed E-state index contributed by atoms with van der Waals surface area (Å²) in [5, 5.41) is 2.62. The third-order valence-electron chi connectivity index (χ3n) is 4.34. The molecule has 0 heterocycles. The van der Waals surface area contributed by atoms with Gasteiger partial charge in [-0.1, -0.05) is 45.0 Å². The Morgan fingerprint density at radius 1 is 1.00 bits per heavy atom. The van der Waals surface area contributed by atoms with Crippen LogP contribution in [0.15, 0.2) is 36.4 Å². The number of nitrogens with one attached hydrogen (secondary N) is 2. The van der Waals surface area contributed by atoms with Crippen LogP contribution in [0, 0.1) is 11.6 Å². The van der Waals surface area contributed by atoms with E-state index in [1.165, 1.54) is 5.56 Å². The van der Waals surface area contributed by atoms with Crippen molar-refractivity contribution in [3.05, 3.63) is 64.7 Å². The summed E-state index contributed by atoms with van der Waals surface area (Å²) in [7, 11) is -3.81. The lowest BCUT2D eigenvalue weighted by molar-refractivity contribution is -0.121. The van der Waals surface area contributed by atoms with Crippen molar-refractivity contribution in [2.75, 3.05) is 11.0 Å². The zero-order valence-electron chi connectivity index (χ0n) is 17.0. The first-order chi connectivity index (χ1) is 13.3. The SMILES string of the molecule is CC(C)(C)c1ccc(CCC(=O)NCc2cc(F)c(NS(C)(=O)=O)c(F)c2)cc1. The summed E-state index contributed by atoms with van der Waals surface area (Å²) < 4.78 is 52.1. The van der Waals surface area contributed by atoms with Gasteiger partial charge in [-0.3, -0.25) is 9.52 Å². The summed E-state index contributed by atoms with van der Waals surface area (Å²) in [5.41, 5.74) is 1.76. The van der Waals surface area contributed by atoms with Gasteiger partial charge in [0.25, 0.3) is 0 Å². The Morgan fingerprint density at radius 3 is 2.03 bits per heavy atom. The van der Waals surface area contributed by atoms with E-state index in [2.05, 4.69) is 26.1 Å². The minimum absolute atomic E-state index is 0.0607. The van der Waals surface area contributed by atoms with Crippen LogP contribution >= 0.6 is 0 Å². The second-order valence-electron chi connectivity index (χ2n) is 8.03. The van der Waals surface area contributed by atoms with Crippen molar-refractivity contribution < 1.29 is 22.0 Å². The van der Waals surface area contributed by atoms with Gasteiger partial charge >= 0.3 is 0 Å². The maximum Gasteiger partial charge on any atom is 0.230 e. The molecule has 2 aromatic rings. The predicted molar refractivity (Wildman–Crippen MR) is 110 cm³/mol. The van der Waals surface area contributed by atoms with E-state index in [0.717, 1.165) is 24.0 Å². The Morgan fingerprint density at radius 2 is 1.55 bits per heavy atom. The molecule has 29 heavy (non-hydrogen) atoms. The number of amides is 1. The van der Waals surface area contributed by atoms with Crippen molar-refractivity contribution >= 4 is 21.6 Å². The van der Waals surface area contributed by atoms with E-state index < -0.39 is 27.3 Å². The lowest BCUT2D eigenvalue weighted by Gasteiger charge is -2.19. The zero-order chi connectivity index (χ0) is 21.8. The number of rotatable bonds is 7. The van der Waals surface area contributed by atoms with Crippen LogP contribution < -0.4 is 10.0 Å². The third-order valence-corrected chi connectivity index (χ3v) is 4.91. The first kappa shape index (κ1) is 22.8. The lowest BCUT2D eigenvalue weighted by Crippen LogP contribution is -2.23. The monoisotopic (exact) mass is 424 g/mol. The summed E-state index contributed by atoms with van der Waals surface area (Å²) in [6, 6.07) is 10.1. The maximum absolute atomic E-state index is 14.0. The van der Waals surface area contributed by atoms with Crippen LogP contribution in [0.5, 0.6) is 0 Å². The highest BCUT2D eigenvalue weighted by Gasteiger charge is 2.16. The van der Waals surface area contributed by atoms with Crippen LogP contribution in [0.25, 0.3) is 0 Å². The number of hydrogen-bond acceptors (Lipinski definition) is 3. The normalized spacial score (nSPS) is 11.9. The molecular weight excluding hydrogens is 398 g/mol. The summed E-state index contributed by atoms with van der Waals surface area (Å²) in [6.07, 6.45) is 1.60. The molecule has 0 atom stereocenters. The fraction of sp³-hybridized carbons (Fsp3) is 0.381. The number of hydrogen-bond donors (Lipinski definition) is 2. The van der Waals surface area contributed by atoms with Crippen LogP contribution in [0.2, 0.25) is 0 Å². The van der Waals surface area contributed by atoms with Gasteiger partial charge in [0.15, 0.2) is 11.6 Å². The van der Waals surface area contributed by atoms with Gasteiger partial charge in [-0.05, 0) is 40.7 Å². The predicted octanol–water partition coefficient (Wildman–Crippen LogP) is 3.88. The Labute approximate surface area is 170 Å². The molecule has 0 saturated heterocycles. The average Bonchev–Trinajstić information content (AvgIpc) is 2.60. The summed E-state index contributed by atoms with van der Waals surface area (Å²) >= 11 is 0. The molecule has 8 heteroatoms. The molecule has 0 saturated carbocycles. The van der Waals surface area contributed by atoms with E-state index >= 15 is 0 Å². The van der Waals surface area contributed by atoms with Crippen LogP contribution in [0.1, 0.15) is 43.9 Å². The molecule has 0 aliphatic heterocycles. The van der Waals surface area contributed by atoms with Gasteiger partial charge < -0.3 is 5.32 Å². The van der Waals surface area contributed by atoms with Crippen molar-refractivity contribution in [1.29, 1.82) is 0 Å². The second kappa shape index (κ2) is 8.90. The fourth-order valence-corrected chi connectivity index (χ4v) is 3.29. The minimum atomic E-state index is -3.81. The number of sulfonamides is 1. The highest BCUT2D eigenvalue weighted by Crippen LogP contribution is 2.23. The van der Waals surface area contributed by atoms with Gasteiger partial charge in [-0.15, -0.1) is 0 Å². The third kappa shape index (κ3) is 7.12. The van der Waals surface area contributed by atoms with E-state index in [1.54, 1.807) is 4.72 Å². The van der Waals surface area contributed by atoms with Gasteiger partial charge in [-0.25, -0.2) is 17.2 Å². The number of carbonyl (C=O) groups is 1. The number of benzene rings is 2. The van der Waals surface area contributed by atoms with Crippen molar-refractivity contribution in [2.45, 2.75) is 45.6 Å². The molecule has 0 aliphatic carbocycles. The highest BCUT2D eigenvalue weighted by molar-refractivity contribution is 7.92. The number of aryl methyl sites for hydroxylation is 1. The Balaban J connectivity index is 1.91. The van der Waals surface area contributed by atoms with E-state index in [4.69, 9.17) is 0 Å². The van der Waals surface area contributed by atoms with Crippen LogP contribution in [0.3, 0.4) is 0 Å². The molecule has 0 aliphatic rings. The number of halogens is 2. The smallest absolute Gasteiger partial charge is 0.230 e. The molecule has 0 fully saturated rings. The standard InChI is InChI=1S/C21H26F2N2O3S/c1-21(2,3)16-8-5-14(6-9-16)7-10-19(26)24-13-15-11-17(22)20(18(23)12-15)25-29(4,27)28/h5-6,8-9,11-12,25H,7,10,13H2,1-4H3,(H,24,26). The van der Waals surface area contributed by atoms with Gasteiger partial charge in [0.05, 0.1) is 6.26 Å². The quantitative estimate of drug-likeness (QED) is 0.708. The average molecular weight is 425 g/mol. The van der Waals surface area contributed by atoms with Crippen molar-refractivity contribution in [2.24, 2.45) is 0 Å². The molecule has 0 radical (unpaired) electrons. The first-order valence-corrected chi connectivity index (χ1v) is 11.1. The molecule has 0 unspecified atom stereocenters. The Hall–Kier alpha value is -2.48. The molecule has 0 spiro atoms. The van der Waals surface area contributed by atoms with Crippen molar-refractivity contribution in [1.82, 2.24) is 5.32 Å². The first-order valence-electron chi connectivity index (χ1n) is 9.17. The molecule has 0 aromatic heterocycles. The van der Waals surface area contributed by atoms with E-state index in [1.807, 2.05) is 24.3 Å².